The molecule has 1 unspecified atom stereocenters. The normalized spacial score (nSPS) is 17.5. The van der Waals surface area contributed by atoms with Gasteiger partial charge in [-0.3, -0.25) is 4.79 Å². The van der Waals surface area contributed by atoms with Crippen molar-refractivity contribution in [1.29, 1.82) is 0 Å². The summed E-state index contributed by atoms with van der Waals surface area (Å²) in [6.07, 6.45) is 1.30. The summed E-state index contributed by atoms with van der Waals surface area (Å²) in [4.78, 5) is 12.9. The Bertz CT molecular complexity index is 944. The molecule has 0 radical (unpaired) electrons. The molecular weight excluding hydrogens is 392 g/mol. The Labute approximate surface area is 171 Å². The molecule has 0 aromatic heterocycles. The highest BCUT2D eigenvalue weighted by Gasteiger charge is 2.33. The van der Waals surface area contributed by atoms with Crippen molar-refractivity contribution in [2.24, 2.45) is 5.92 Å². The Morgan fingerprint density at radius 1 is 1.10 bits per heavy atom. The predicted octanol–water partition coefficient (Wildman–Crippen LogP) is 2.42. The number of hydrogen-bond acceptors (Lipinski definition) is 5. The highest BCUT2D eigenvalue weighted by atomic mass is 32.2. The molecule has 0 bridgehead atoms. The van der Waals surface area contributed by atoms with E-state index in [4.69, 9.17) is 9.47 Å². The van der Waals surface area contributed by atoms with E-state index in [1.807, 2.05) is 24.3 Å². The number of carbonyl (C=O) groups is 1. The van der Waals surface area contributed by atoms with Crippen LogP contribution in [-0.2, 0) is 21.4 Å². The summed E-state index contributed by atoms with van der Waals surface area (Å²) in [7, 11) is -0.536. The number of rotatable bonds is 7. The van der Waals surface area contributed by atoms with Crippen LogP contribution < -0.4 is 14.8 Å². The Hall–Kier alpha value is -2.58. The molecule has 8 heteroatoms. The third-order valence-electron chi connectivity index (χ3n) is 5.10. The van der Waals surface area contributed by atoms with Crippen molar-refractivity contribution in [3.05, 3.63) is 54.1 Å². The fourth-order valence-corrected chi connectivity index (χ4v) is 4.97. The Morgan fingerprint density at radius 2 is 1.83 bits per heavy atom. The molecule has 3 rings (SSSR count). The van der Waals surface area contributed by atoms with Crippen molar-refractivity contribution in [3.8, 4) is 11.5 Å². The predicted molar refractivity (Wildman–Crippen MR) is 109 cm³/mol. The molecule has 1 aliphatic heterocycles. The average molecular weight is 419 g/mol. The van der Waals surface area contributed by atoms with Gasteiger partial charge in [-0.2, -0.15) is 4.31 Å². The number of amides is 1. The summed E-state index contributed by atoms with van der Waals surface area (Å²) in [5.41, 5.74) is 0.877. The number of piperidine rings is 1. The maximum atomic E-state index is 13.0. The molecule has 29 heavy (non-hydrogen) atoms. The summed E-state index contributed by atoms with van der Waals surface area (Å²) >= 11 is 0. The molecular formula is C21H26N2O5S. The molecule has 1 saturated heterocycles. The quantitative estimate of drug-likeness (QED) is 0.747. The van der Waals surface area contributed by atoms with Crippen LogP contribution in [0.3, 0.4) is 0 Å². The van der Waals surface area contributed by atoms with Crippen LogP contribution in [0.5, 0.6) is 11.5 Å². The van der Waals surface area contributed by atoms with Crippen molar-refractivity contribution in [2.45, 2.75) is 24.3 Å². The lowest BCUT2D eigenvalue weighted by Gasteiger charge is -2.31. The lowest BCUT2D eigenvalue weighted by molar-refractivity contribution is -0.126. The van der Waals surface area contributed by atoms with Crippen LogP contribution in [0.4, 0.5) is 0 Å². The molecule has 1 aliphatic rings. The lowest BCUT2D eigenvalue weighted by Crippen LogP contribution is -2.45. The molecule has 2 aromatic carbocycles. The Balaban J connectivity index is 1.65. The number of nitrogens with zero attached hydrogens (tertiary/aromatic N) is 1. The van der Waals surface area contributed by atoms with Crippen molar-refractivity contribution in [2.75, 3.05) is 27.3 Å². The molecule has 1 amide bonds. The van der Waals surface area contributed by atoms with E-state index in [0.717, 1.165) is 5.56 Å². The summed E-state index contributed by atoms with van der Waals surface area (Å²) < 4.78 is 37.7. The zero-order valence-corrected chi connectivity index (χ0v) is 17.4. The molecule has 1 atom stereocenters. The molecule has 1 fully saturated rings. The van der Waals surface area contributed by atoms with Gasteiger partial charge in [0.25, 0.3) is 0 Å². The first kappa shape index (κ1) is 21.1. The maximum absolute atomic E-state index is 13.0. The molecule has 0 spiro atoms. The topological polar surface area (TPSA) is 84.9 Å². The Kier molecular flexibility index (Phi) is 6.76. The van der Waals surface area contributed by atoms with Crippen LogP contribution in [0.1, 0.15) is 18.4 Å². The molecule has 2 aromatic rings. The zero-order valence-electron chi connectivity index (χ0n) is 16.6. The summed E-state index contributed by atoms with van der Waals surface area (Å²) in [5.74, 6) is 0.772. The largest absolute Gasteiger partial charge is 0.497 e. The van der Waals surface area contributed by atoms with Gasteiger partial charge in [0.2, 0.25) is 15.9 Å². The minimum absolute atomic E-state index is 0.148. The fraction of sp³-hybridized carbons (Fsp3) is 0.381. The molecule has 0 aliphatic carbocycles. The van der Waals surface area contributed by atoms with Gasteiger partial charge in [0.1, 0.15) is 11.5 Å². The number of sulfonamides is 1. The van der Waals surface area contributed by atoms with Gasteiger partial charge in [0, 0.05) is 25.2 Å². The number of carbonyl (C=O) groups excluding carboxylic acids is 1. The average Bonchev–Trinajstić information content (AvgIpc) is 2.77. The van der Waals surface area contributed by atoms with Gasteiger partial charge in [0.15, 0.2) is 0 Å². The SMILES string of the molecule is COc1ccc(S(=O)(=O)N2CCCC(C(=O)NCc3ccccc3OC)C2)cc1. The first-order valence-electron chi connectivity index (χ1n) is 9.49. The van der Waals surface area contributed by atoms with Gasteiger partial charge < -0.3 is 14.8 Å². The van der Waals surface area contributed by atoms with Crippen LogP contribution in [0, 0.1) is 5.92 Å². The summed E-state index contributed by atoms with van der Waals surface area (Å²) in [5, 5.41) is 2.91. The minimum atomic E-state index is -3.65. The minimum Gasteiger partial charge on any atom is -0.497 e. The Morgan fingerprint density at radius 3 is 2.52 bits per heavy atom. The van der Waals surface area contributed by atoms with Gasteiger partial charge in [-0.1, -0.05) is 18.2 Å². The van der Waals surface area contributed by atoms with E-state index in [9.17, 15) is 13.2 Å². The van der Waals surface area contributed by atoms with Gasteiger partial charge in [-0.25, -0.2) is 8.42 Å². The van der Waals surface area contributed by atoms with Crippen LogP contribution in [0.15, 0.2) is 53.4 Å². The van der Waals surface area contributed by atoms with Crippen molar-refractivity contribution in [1.82, 2.24) is 9.62 Å². The van der Waals surface area contributed by atoms with Crippen LogP contribution in [0.2, 0.25) is 0 Å². The number of benzene rings is 2. The third kappa shape index (κ3) is 4.89. The number of hydrogen-bond donors (Lipinski definition) is 1. The van der Waals surface area contributed by atoms with Crippen molar-refractivity contribution < 1.29 is 22.7 Å². The maximum Gasteiger partial charge on any atom is 0.243 e. The fourth-order valence-electron chi connectivity index (χ4n) is 3.45. The number of para-hydroxylation sites is 1. The van der Waals surface area contributed by atoms with Gasteiger partial charge in [0.05, 0.1) is 25.0 Å². The van der Waals surface area contributed by atoms with Crippen LogP contribution in [0.25, 0.3) is 0 Å². The lowest BCUT2D eigenvalue weighted by atomic mass is 9.98. The van der Waals surface area contributed by atoms with Crippen LogP contribution in [-0.4, -0.2) is 45.9 Å². The smallest absolute Gasteiger partial charge is 0.243 e. The van der Waals surface area contributed by atoms with Gasteiger partial charge in [-0.15, -0.1) is 0 Å². The third-order valence-corrected chi connectivity index (χ3v) is 6.98. The second-order valence-corrected chi connectivity index (χ2v) is 8.85. The van der Waals surface area contributed by atoms with Crippen LogP contribution >= 0.6 is 0 Å². The van der Waals surface area contributed by atoms with Gasteiger partial charge >= 0.3 is 0 Å². The highest BCUT2D eigenvalue weighted by Crippen LogP contribution is 2.25. The zero-order chi connectivity index (χ0) is 20.9. The van der Waals surface area contributed by atoms with E-state index in [-0.39, 0.29) is 23.3 Å². The molecule has 1 heterocycles. The highest BCUT2D eigenvalue weighted by molar-refractivity contribution is 7.89. The van der Waals surface area contributed by atoms with E-state index in [0.29, 0.717) is 37.4 Å². The summed E-state index contributed by atoms with van der Waals surface area (Å²) in [6.45, 7) is 0.918. The number of nitrogens with one attached hydrogen (secondary N) is 1. The van der Waals surface area contributed by atoms with E-state index < -0.39 is 10.0 Å². The summed E-state index contributed by atoms with van der Waals surface area (Å²) in [6, 6.07) is 13.8. The molecule has 7 nitrogen and oxygen atoms in total. The first-order valence-corrected chi connectivity index (χ1v) is 10.9. The van der Waals surface area contributed by atoms with Crippen molar-refractivity contribution in [3.63, 3.8) is 0 Å². The van der Waals surface area contributed by atoms with E-state index in [1.165, 1.54) is 23.5 Å². The monoisotopic (exact) mass is 418 g/mol. The van der Waals surface area contributed by atoms with E-state index in [1.54, 1.807) is 19.2 Å². The van der Waals surface area contributed by atoms with Gasteiger partial charge in [-0.05, 0) is 43.2 Å². The number of methoxy groups -OCH3 is 2. The van der Waals surface area contributed by atoms with E-state index in [2.05, 4.69) is 5.32 Å². The second-order valence-electron chi connectivity index (χ2n) is 6.91. The number of ether oxygens (including phenoxy) is 2. The molecule has 0 saturated carbocycles. The van der Waals surface area contributed by atoms with E-state index >= 15 is 0 Å². The standard InChI is InChI=1S/C21H26N2O5S/c1-27-18-9-11-19(12-10-18)29(25,26)23-13-5-7-17(15-23)21(24)22-14-16-6-3-4-8-20(16)28-2/h3-4,6,8-12,17H,5,7,13-15H2,1-2H3,(H,22,24). The van der Waals surface area contributed by atoms with Crippen molar-refractivity contribution >= 4 is 15.9 Å². The first-order chi connectivity index (χ1) is 14.0. The molecule has 156 valence electrons. The second kappa shape index (κ2) is 9.28. The molecule has 1 N–H and O–H groups in total.